The van der Waals surface area contributed by atoms with Crippen molar-refractivity contribution in [3.63, 3.8) is 0 Å². The molecular formula is C12H12F2N2O2. The molecule has 0 aliphatic heterocycles. The van der Waals surface area contributed by atoms with Gasteiger partial charge < -0.3 is 10.1 Å². The van der Waals surface area contributed by atoms with Gasteiger partial charge in [-0.15, -0.1) is 0 Å². The molecule has 18 heavy (non-hydrogen) atoms. The predicted octanol–water partition coefficient (Wildman–Crippen LogP) is 2.18. The summed E-state index contributed by atoms with van der Waals surface area (Å²) in [7, 11) is 0. The molecule has 4 nitrogen and oxygen atoms in total. The number of ether oxygens (including phenoxy) is 1. The van der Waals surface area contributed by atoms with Crippen LogP contribution in [0.4, 0.5) is 8.78 Å². The van der Waals surface area contributed by atoms with Gasteiger partial charge in [-0.1, -0.05) is 12.1 Å². The number of alkyl halides is 2. The number of carbonyl (C=O) groups is 1. The Kier molecular flexibility index (Phi) is 5.06. The van der Waals surface area contributed by atoms with Crippen molar-refractivity contribution in [3.8, 4) is 11.8 Å². The number of rotatable bonds is 5. The molecule has 0 aromatic heterocycles. The fourth-order valence-electron chi connectivity index (χ4n) is 1.24. The quantitative estimate of drug-likeness (QED) is 0.876. The first kappa shape index (κ1) is 13.9. The van der Waals surface area contributed by atoms with Gasteiger partial charge in [-0.3, -0.25) is 4.79 Å². The van der Waals surface area contributed by atoms with Crippen molar-refractivity contribution in [2.24, 2.45) is 5.92 Å². The van der Waals surface area contributed by atoms with Crippen molar-refractivity contribution in [1.29, 1.82) is 5.26 Å². The highest BCUT2D eigenvalue weighted by molar-refractivity contribution is 5.96. The molecule has 1 aromatic carbocycles. The van der Waals surface area contributed by atoms with Gasteiger partial charge in [0.1, 0.15) is 5.75 Å². The number of carbonyl (C=O) groups excluding carboxylic acids is 1. The zero-order valence-electron chi connectivity index (χ0n) is 9.69. The van der Waals surface area contributed by atoms with Crippen LogP contribution in [0.5, 0.6) is 5.75 Å². The van der Waals surface area contributed by atoms with Crippen molar-refractivity contribution < 1.29 is 18.3 Å². The molecule has 6 heteroatoms. The van der Waals surface area contributed by atoms with Crippen LogP contribution in [0.25, 0.3) is 0 Å². The number of nitrogens with one attached hydrogen (secondary N) is 1. The van der Waals surface area contributed by atoms with Gasteiger partial charge in [-0.2, -0.15) is 14.0 Å². The molecule has 1 unspecified atom stereocenters. The number of halogens is 2. The maximum absolute atomic E-state index is 12.1. The van der Waals surface area contributed by atoms with E-state index in [2.05, 4.69) is 10.1 Å². The molecule has 0 heterocycles. The van der Waals surface area contributed by atoms with Gasteiger partial charge in [0.15, 0.2) is 0 Å². The number of benzene rings is 1. The van der Waals surface area contributed by atoms with Crippen molar-refractivity contribution >= 4 is 5.91 Å². The van der Waals surface area contributed by atoms with Crippen LogP contribution >= 0.6 is 0 Å². The normalized spacial score (nSPS) is 11.7. The Labute approximate surface area is 103 Å². The van der Waals surface area contributed by atoms with E-state index < -0.39 is 12.5 Å². The molecule has 0 aliphatic carbocycles. The third-order valence-corrected chi connectivity index (χ3v) is 2.14. The van der Waals surface area contributed by atoms with Crippen LogP contribution in [0.2, 0.25) is 0 Å². The molecule has 0 radical (unpaired) electrons. The van der Waals surface area contributed by atoms with Crippen molar-refractivity contribution in [2.75, 3.05) is 6.54 Å². The van der Waals surface area contributed by atoms with Crippen LogP contribution in [0, 0.1) is 17.2 Å². The lowest BCUT2D eigenvalue weighted by Crippen LogP contribution is -2.28. The summed E-state index contributed by atoms with van der Waals surface area (Å²) >= 11 is 0. The fraction of sp³-hybridized carbons (Fsp3) is 0.333. The average Bonchev–Trinajstić information content (AvgIpc) is 2.35. The molecule has 96 valence electrons. The van der Waals surface area contributed by atoms with E-state index >= 15 is 0 Å². The highest BCUT2D eigenvalue weighted by Crippen LogP contribution is 2.19. The molecule has 1 atom stereocenters. The monoisotopic (exact) mass is 254 g/mol. The maximum Gasteiger partial charge on any atom is 0.387 e. The molecule has 0 saturated heterocycles. The lowest BCUT2D eigenvalue weighted by Gasteiger charge is -2.11. The lowest BCUT2D eigenvalue weighted by atomic mass is 10.1. The number of nitrogens with zero attached hydrogens (tertiary/aromatic N) is 1. The summed E-state index contributed by atoms with van der Waals surface area (Å²) < 4.78 is 28.5. The van der Waals surface area contributed by atoms with E-state index in [-0.39, 0.29) is 23.8 Å². The summed E-state index contributed by atoms with van der Waals surface area (Å²) in [5.74, 6) is -1.08. The largest absolute Gasteiger partial charge is 0.434 e. The first-order valence-corrected chi connectivity index (χ1v) is 5.26. The van der Waals surface area contributed by atoms with Gasteiger partial charge in [0.2, 0.25) is 0 Å². The summed E-state index contributed by atoms with van der Waals surface area (Å²) in [5.41, 5.74) is 0.0166. The van der Waals surface area contributed by atoms with Gasteiger partial charge in [0, 0.05) is 6.54 Å². The molecule has 0 fully saturated rings. The minimum atomic E-state index is -2.99. The average molecular weight is 254 g/mol. The molecule has 0 aliphatic rings. The second kappa shape index (κ2) is 6.55. The summed E-state index contributed by atoms with van der Waals surface area (Å²) in [6.07, 6.45) is 0. The van der Waals surface area contributed by atoms with E-state index in [1.165, 1.54) is 18.2 Å². The van der Waals surface area contributed by atoms with E-state index in [4.69, 9.17) is 5.26 Å². The Morgan fingerprint density at radius 2 is 2.17 bits per heavy atom. The van der Waals surface area contributed by atoms with Gasteiger partial charge in [-0.25, -0.2) is 0 Å². The van der Waals surface area contributed by atoms with E-state index in [0.717, 1.165) is 0 Å². The second-order valence-corrected chi connectivity index (χ2v) is 3.61. The van der Waals surface area contributed by atoms with Crippen molar-refractivity contribution in [2.45, 2.75) is 13.5 Å². The zero-order chi connectivity index (χ0) is 13.5. The van der Waals surface area contributed by atoms with Crippen molar-refractivity contribution in [3.05, 3.63) is 29.8 Å². The van der Waals surface area contributed by atoms with E-state index in [1.54, 1.807) is 13.0 Å². The van der Waals surface area contributed by atoms with Gasteiger partial charge >= 0.3 is 6.61 Å². The Hall–Kier alpha value is -2.16. The summed E-state index contributed by atoms with van der Waals surface area (Å²) in [6, 6.07) is 7.65. The number of hydrogen-bond acceptors (Lipinski definition) is 3. The first-order chi connectivity index (χ1) is 8.54. The van der Waals surface area contributed by atoms with Gasteiger partial charge in [-0.05, 0) is 19.1 Å². The standard InChI is InChI=1S/C12H12F2N2O2/c1-8(6-15)7-16-11(17)9-4-2-3-5-10(9)18-12(13)14/h2-5,8,12H,7H2,1H3,(H,16,17). The number of nitriles is 1. The number of amides is 1. The van der Waals surface area contributed by atoms with Crippen LogP contribution in [-0.4, -0.2) is 19.1 Å². The number of para-hydroxylation sites is 1. The topological polar surface area (TPSA) is 62.1 Å². The van der Waals surface area contributed by atoms with E-state index in [1.807, 2.05) is 6.07 Å². The molecular weight excluding hydrogens is 242 g/mol. The molecule has 0 saturated carbocycles. The maximum atomic E-state index is 12.1. The molecule has 1 N–H and O–H groups in total. The van der Waals surface area contributed by atoms with Crippen LogP contribution in [0.1, 0.15) is 17.3 Å². The third-order valence-electron chi connectivity index (χ3n) is 2.14. The summed E-state index contributed by atoms with van der Waals surface area (Å²) in [6.45, 7) is -1.20. The second-order valence-electron chi connectivity index (χ2n) is 3.61. The first-order valence-electron chi connectivity index (χ1n) is 5.26. The van der Waals surface area contributed by atoms with Crippen LogP contribution in [0.15, 0.2) is 24.3 Å². The molecule has 0 bridgehead atoms. The molecule has 1 rings (SSSR count). The number of hydrogen-bond donors (Lipinski definition) is 1. The van der Waals surface area contributed by atoms with Crippen LogP contribution in [-0.2, 0) is 0 Å². The zero-order valence-corrected chi connectivity index (χ0v) is 9.69. The van der Waals surface area contributed by atoms with Crippen molar-refractivity contribution in [1.82, 2.24) is 5.32 Å². The Balaban J connectivity index is 2.76. The SMILES string of the molecule is CC(C#N)CNC(=O)c1ccccc1OC(F)F. The Morgan fingerprint density at radius 1 is 1.50 bits per heavy atom. The Bertz CT molecular complexity index is 458. The summed E-state index contributed by atoms with van der Waals surface area (Å²) in [4.78, 5) is 11.7. The van der Waals surface area contributed by atoms with Crippen LogP contribution < -0.4 is 10.1 Å². The lowest BCUT2D eigenvalue weighted by molar-refractivity contribution is -0.0501. The smallest absolute Gasteiger partial charge is 0.387 e. The van der Waals surface area contributed by atoms with Gasteiger partial charge in [0.05, 0.1) is 17.6 Å². The van der Waals surface area contributed by atoms with Crippen LogP contribution in [0.3, 0.4) is 0 Å². The minimum Gasteiger partial charge on any atom is -0.434 e. The highest BCUT2D eigenvalue weighted by Gasteiger charge is 2.15. The predicted molar refractivity (Wildman–Crippen MR) is 60.2 cm³/mol. The summed E-state index contributed by atoms with van der Waals surface area (Å²) in [5, 5.41) is 11.0. The third kappa shape index (κ3) is 4.01. The van der Waals surface area contributed by atoms with E-state index in [0.29, 0.717) is 0 Å². The Morgan fingerprint density at radius 3 is 2.78 bits per heavy atom. The molecule has 0 spiro atoms. The van der Waals surface area contributed by atoms with E-state index in [9.17, 15) is 13.6 Å². The highest BCUT2D eigenvalue weighted by atomic mass is 19.3. The molecule has 1 aromatic rings. The minimum absolute atomic E-state index is 0.0166. The fourth-order valence-corrected chi connectivity index (χ4v) is 1.24. The molecule has 1 amide bonds. The van der Waals surface area contributed by atoms with Gasteiger partial charge in [0.25, 0.3) is 5.91 Å².